The van der Waals surface area contributed by atoms with Gasteiger partial charge in [0.1, 0.15) is 0 Å². The predicted molar refractivity (Wildman–Crippen MR) is 50.6 cm³/mol. The Balaban J connectivity index is 2.50. The summed E-state index contributed by atoms with van der Waals surface area (Å²) in [5.74, 6) is 0. The highest BCUT2D eigenvalue weighted by Gasteiger charge is 2.18. The molecule has 1 aromatic heterocycles. The van der Waals surface area contributed by atoms with E-state index in [9.17, 15) is 0 Å². The fourth-order valence-electron chi connectivity index (χ4n) is 1.48. The van der Waals surface area contributed by atoms with Crippen molar-refractivity contribution in [3.8, 4) is 0 Å². The van der Waals surface area contributed by atoms with Gasteiger partial charge in [-0.2, -0.15) is 0 Å². The molecule has 2 nitrogen and oxygen atoms in total. The molecule has 0 saturated heterocycles. The molecule has 64 valence electrons. The number of fused-ring (bicyclic) bond motifs is 1. The highest BCUT2D eigenvalue weighted by Crippen LogP contribution is 2.32. The molecule has 1 heterocycles. The molecule has 0 saturated carbocycles. The van der Waals surface area contributed by atoms with Gasteiger partial charge in [-0.05, 0) is 25.3 Å². The summed E-state index contributed by atoms with van der Waals surface area (Å²) < 4.78 is 0.781. The van der Waals surface area contributed by atoms with Gasteiger partial charge < -0.3 is 5.21 Å². The Morgan fingerprint density at radius 3 is 3.08 bits per heavy atom. The Bertz CT molecular complexity index is 332. The van der Waals surface area contributed by atoms with E-state index in [-0.39, 0.29) is 0 Å². The normalized spacial score (nSPS) is 19.6. The topological polar surface area (TPSA) is 32.6 Å². The number of oxime groups is 1. The third-order valence-corrected chi connectivity index (χ3v) is 3.35. The van der Waals surface area contributed by atoms with Crippen molar-refractivity contribution in [1.29, 1.82) is 0 Å². The number of hydrogen-bond donors (Lipinski definition) is 1. The second-order valence-corrected chi connectivity index (χ2v) is 4.56. The molecule has 0 radical (unpaired) electrons. The summed E-state index contributed by atoms with van der Waals surface area (Å²) in [5.41, 5.74) is 1.82. The molecule has 0 fully saturated rings. The summed E-state index contributed by atoms with van der Waals surface area (Å²) in [4.78, 5) is 1.25. The van der Waals surface area contributed by atoms with Crippen LogP contribution in [0.1, 0.15) is 23.3 Å². The highest BCUT2D eigenvalue weighted by molar-refractivity contribution is 7.16. The van der Waals surface area contributed by atoms with Crippen LogP contribution in [0.2, 0.25) is 4.34 Å². The molecule has 0 aromatic carbocycles. The van der Waals surface area contributed by atoms with Crippen LogP contribution in [-0.4, -0.2) is 10.9 Å². The Kier molecular flexibility index (Phi) is 2.07. The van der Waals surface area contributed by atoms with Crippen molar-refractivity contribution in [2.24, 2.45) is 5.16 Å². The average Bonchev–Trinajstić information content (AvgIpc) is 2.44. The third kappa shape index (κ3) is 1.23. The molecular formula is C8H8ClNOS. The number of hydrogen-bond acceptors (Lipinski definition) is 3. The molecule has 0 spiro atoms. The number of rotatable bonds is 0. The van der Waals surface area contributed by atoms with Crippen LogP contribution in [0.5, 0.6) is 0 Å². The van der Waals surface area contributed by atoms with Crippen molar-refractivity contribution in [3.05, 3.63) is 20.8 Å². The lowest BCUT2D eigenvalue weighted by molar-refractivity contribution is 0.317. The van der Waals surface area contributed by atoms with Crippen molar-refractivity contribution in [3.63, 3.8) is 0 Å². The maximum atomic E-state index is 8.70. The molecule has 1 N–H and O–H groups in total. The minimum Gasteiger partial charge on any atom is -0.411 e. The number of aryl methyl sites for hydroxylation is 1. The largest absolute Gasteiger partial charge is 0.411 e. The number of thiophene rings is 1. The molecule has 1 aromatic rings. The quantitative estimate of drug-likeness (QED) is 0.508. The highest BCUT2D eigenvalue weighted by atomic mass is 35.5. The first kappa shape index (κ1) is 8.08. The molecule has 1 aliphatic carbocycles. The van der Waals surface area contributed by atoms with Crippen molar-refractivity contribution in [2.45, 2.75) is 19.3 Å². The van der Waals surface area contributed by atoms with Gasteiger partial charge in [-0.3, -0.25) is 0 Å². The molecule has 2 rings (SSSR count). The van der Waals surface area contributed by atoms with Gasteiger partial charge in [0.25, 0.3) is 0 Å². The molecule has 0 aliphatic heterocycles. The van der Waals surface area contributed by atoms with E-state index in [4.69, 9.17) is 16.8 Å². The number of halogens is 1. The van der Waals surface area contributed by atoms with Gasteiger partial charge >= 0.3 is 0 Å². The fourth-order valence-corrected chi connectivity index (χ4v) is 2.81. The molecular weight excluding hydrogens is 194 g/mol. The lowest BCUT2D eigenvalue weighted by Crippen LogP contribution is -2.08. The Hall–Kier alpha value is -0.540. The first-order valence-corrected chi connectivity index (χ1v) is 5.00. The maximum Gasteiger partial charge on any atom is 0.0938 e. The first-order chi connectivity index (χ1) is 5.81. The zero-order chi connectivity index (χ0) is 8.55. The van der Waals surface area contributed by atoms with E-state index in [1.807, 2.05) is 6.07 Å². The van der Waals surface area contributed by atoms with E-state index in [1.54, 1.807) is 11.3 Å². The zero-order valence-corrected chi connectivity index (χ0v) is 7.95. The van der Waals surface area contributed by atoms with E-state index >= 15 is 0 Å². The first-order valence-electron chi connectivity index (χ1n) is 3.81. The summed E-state index contributed by atoms with van der Waals surface area (Å²) >= 11 is 7.44. The van der Waals surface area contributed by atoms with Gasteiger partial charge in [0.15, 0.2) is 0 Å². The van der Waals surface area contributed by atoms with Crippen LogP contribution >= 0.6 is 22.9 Å². The monoisotopic (exact) mass is 201 g/mol. The van der Waals surface area contributed by atoms with Crippen molar-refractivity contribution in [1.82, 2.24) is 0 Å². The SMILES string of the molecule is ON=C1CCCc2sc(Cl)cc21. The van der Waals surface area contributed by atoms with Crippen LogP contribution in [-0.2, 0) is 6.42 Å². The Morgan fingerprint density at radius 1 is 1.50 bits per heavy atom. The smallest absolute Gasteiger partial charge is 0.0938 e. The van der Waals surface area contributed by atoms with Crippen molar-refractivity contribution < 1.29 is 5.21 Å². The van der Waals surface area contributed by atoms with E-state index < -0.39 is 0 Å². The lowest BCUT2D eigenvalue weighted by Gasteiger charge is -2.10. The Morgan fingerprint density at radius 2 is 2.33 bits per heavy atom. The molecule has 4 heteroatoms. The van der Waals surface area contributed by atoms with Gasteiger partial charge in [-0.15, -0.1) is 11.3 Å². The van der Waals surface area contributed by atoms with Gasteiger partial charge in [0.2, 0.25) is 0 Å². The second-order valence-electron chi connectivity index (χ2n) is 2.79. The third-order valence-electron chi connectivity index (χ3n) is 2.03. The van der Waals surface area contributed by atoms with E-state index in [0.29, 0.717) is 0 Å². The van der Waals surface area contributed by atoms with Crippen molar-refractivity contribution in [2.75, 3.05) is 0 Å². The van der Waals surface area contributed by atoms with Crippen LogP contribution in [0, 0.1) is 0 Å². The van der Waals surface area contributed by atoms with Gasteiger partial charge in [0, 0.05) is 10.4 Å². The van der Waals surface area contributed by atoms with Gasteiger partial charge in [0.05, 0.1) is 10.0 Å². The van der Waals surface area contributed by atoms with E-state index in [0.717, 1.165) is 34.9 Å². The second kappa shape index (κ2) is 3.07. The maximum absolute atomic E-state index is 8.70. The molecule has 1 aliphatic rings. The Labute approximate surface area is 79.5 Å². The van der Waals surface area contributed by atoms with Crippen LogP contribution in [0.25, 0.3) is 0 Å². The minimum atomic E-state index is 0.777. The summed E-state index contributed by atoms with van der Waals surface area (Å²) in [6, 6.07) is 1.88. The molecule has 12 heavy (non-hydrogen) atoms. The molecule has 0 unspecified atom stereocenters. The molecule has 0 amide bonds. The summed E-state index contributed by atoms with van der Waals surface area (Å²) in [6.45, 7) is 0. The van der Waals surface area contributed by atoms with Crippen LogP contribution < -0.4 is 0 Å². The predicted octanol–water partition coefficient (Wildman–Crippen LogP) is 2.92. The van der Waals surface area contributed by atoms with E-state index in [1.165, 1.54) is 4.88 Å². The van der Waals surface area contributed by atoms with Crippen LogP contribution in [0.4, 0.5) is 0 Å². The summed E-state index contributed by atoms with van der Waals surface area (Å²) in [7, 11) is 0. The summed E-state index contributed by atoms with van der Waals surface area (Å²) in [5, 5.41) is 12.0. The fraction of sp³-hybridized carbons (Fsp3) is 0.375. The summed E-state index contributed by atoms with van der Waals surface area (Å²) in [6.07, 6.45) is 2.98. The minimum absolute atomic E-state index is 0.777. The van der Waals surface area contributed by atoms with Crippen LogP contribution in [0.3, 0.4) is 0 Å². The average molecular weight is 202 g/mol. The number of nitrogens with zero attached hydrogens (tertiary/aromatic N) is 1. The molecule has 0 bridgehead atoms. The zero-order valence-electron chi connectivity index (χ0n) is 6.38. The van der Waals surface area contributed by atoms with Crippen molar-refractivity contribution >= 4 is 28.6 Å². The molecule has 0 atom stereocenters. The van der Waals surface area contributed by atoms with Gasteiger partial charge in [-0.25, -0.2) is 0 Å². The van der Waals surface area contributed by atoms with Crippen LogP contribution in [0.15, 0.2) is 11.2 Å². The standard InChI is InChI=1S/C8H8ClNOS/c9-8-4-5-6(10-11)2-1-3-7(5)12-8/h4,11H,1-3H2. The van der Waals surface area contributed by atoms with Gasteiger partial charge in [-0.1, -0.05) is 16.8 Å². The van der Waals surface area contributed by atoms with E-state index in [2.05, 4.69) is 5.16 Å². The lowest BCUT2D eigenvalue weighted by atomic mass is 9.97.